The van der Waals surface area contributed by atoms with E-state index < -0.39 is 15.6 Å². The number of pyridine rings is 1. The lowest BCUT2D eigenvalue weighted by atomic mass is 10.2. The number of hydrogen-bond donors (Lipinski definition) is 2. The maximum absolute atomic E-state index is 11.8. The van der Waals surface area contributed by atoms with Crippen molar-refractivity contribution in [3.8, 4) is 0 Å². The summed E-state index contributed by atoms with van der Waals surface area (Å²) < 4.78 is 23.5. The Kier molecular flexibility index (Phi) is 3.40. The SMILES string of the molecule is CONS(=O)(=O)c1cc2c[c]c(=O)[nH]c2cc1Cl. The highest BCUT2D eigenvalue weighted by Crippen LogP contribution is 2.25. The number of hydrogen-bond acceptors (Lipinski definition) is 4. The first kappa shape index (κ1) is 13.0. The molecule has 0 aliphatic heterocycles. The van der Waals surface area contributed by atoms with Gasteiger partial charge >= 0.3 is 0 Å². The summed E-state index contributed by atoms with van der Waals surface area (Å²) in [7, 11) is -2.67. The minimum atomic E-state index is -3.85. The second kappa shape index (κ2) is 4.69. The van der Waals surface area contributed by atoms with Gasteiger partial charge in [0.25, 0.3) is 15.6 Å². The largest absolute Gasteiger partial charge is 0.321 e. The molecule has 2 N–H and O–H groups in total. The zero-order chi connectivity index (χ0) is 13.3. The van der Waals surface area contributed by atoms with Crippen molar-refractivity contribution in [3.05, 3.63) is 39.6 Å². The molecule has 6 nitrogen and oxygen atoms in total. The van der Waals surface area contributed by atoms with Crippen molar-refractivity contribution in [1.29, 1.82) is 0 Å². The van der Waals surface area contributed by atoms with Crippen LogP contribution in [0.3, 0.4) is 0 Å². The number of fused-ring (bicyclic) bond motifs is 1. The standard InChI is InChI=1S/C10H8ClN2O4S/c1-17-13-18(15,16)9-4-6-2-3-10(14)12-8(6)5-7(9)11/h2,4-5,13H,1H3,(H,12,14). The van der Waals surface area contributed by atoms with Crippen LogP contribution >= 0.6 is 11.6 Å². The normalized spacial score (nSPS) is 11.9. The smallest absolute Gasteiger partial charge is 0.263 e. The lowest BCUT2D eigenvalue weighted by Gasteiger charge is -2.07. The fourth-order valence-electron chi connectivity index (χ4n) is 1.46. The van der Waals surface area contributed by atoms with Gasteiger partial charge in [-0.15, -0.1) is 0 Å². The third-order valence-corrected chi connectivity index (χ3v) is 3.92. The fraction of sp³-hybridized carbons (Fsp3) is 0.100. The van der Waals surface area contributed by atoms with Gasteiger partial charge < -0.3 is 4.98 Å². The van der Waals surface area contributed by atoms with E-state index in [2.05, 4.69) is 15.9 Å². The predicted octanol–water partition coefficient (Wildman–Crippen LogP) is 0.821. The number of nitrogens with one attached hydrogen (secondary N) is 2. The van der Waals surface area contributed by atoms with E-state index in [0.717, 1.165) is 0 Å². The van der Waals surface area contributed by atoms with Crippen LogP contribution in [0.25, 0.3) is 10.9 Å². The molecule has 8 heteroatoms. The number of halogens is 1. The number of H-pyrrole nitrogens is 1. The number of rotatable bonds is 3. The maximum Gasteiger partial charge on any atom is 0.263 e. The first-order valence-corrected chi connectivity index (χ1v) is 6.59. The summed E-state index contributed by atoms with van der Waals surface area (Å²) in [4.78, 5) is 19.7. The van der Waals surface area contributed by atoms with Gasteiger partial charge in [-0.25, -0.2) is 8.42 Å². The van der Waals surface area contributed by atoms with E-state index in [4.69, 9.17) is 11.6 Å². The Labute approximate surface area is 108 Å². The molecule has 1 aromatic carbocycles. The minimum Gasteiger partial charge on any atom is -0.321 e. The Morgan fingerprint density at radius 2 is 2.17 bits per heavy atom. The molecule has 0 aliphatic rings. The van der Waals surface area contributed by atoms with E-state index in [1.165, 1.54) is 25.3 Å². The number of benzene rings is 1. The first-order valence-electron chi connectivity index (χ1n) is 4.73. The van der Waals surface area contributed by atoms with Gasteiger partial charge in [-0.3, -0.25) is 9.63 Å². The summed E-state index contributed by atoms with van der Waals surface area (Å²) in [5, 5.41) is 0.476. The fourth-order valence-corrected chi connectivity index (χ4v) is 2.83. The first-order chi connectivity index (χ1) is 8.44. The van der Waals surface area contributed by atoms with E-state index in [-0.39, 0.29) is 9.92 Å². The van der Waals surface area contributed by atoms with Gasteiger partial charge in [0.15, 0.2) is 0 Å². The molecule has 2 rings (SSSR count). The maximum atomic E-state index is 11.8. The van der Waals surface area contributed by atoms with Gasteiger partial charge in [0, 0.05) is 10.9 Å². The second-order valence-electron chi connectivity index (χ2n) is 3.40. The Morgan fingerprint density at radius 3 is 2.83 bits per heavy atom. The molecular formula is C10H8ClN2O4S. The molecule has 95 valence electrons. The van der Waals surface area contributed by atoms with Crippen LogP contribution in [-0.2, 0) is 14.9 Å². The van der Waals surface area contributed by atoms with Crippen LogP contribution in [0, 0.1) is 6.07 Å². The molecule has 0 bridgehead atoms. The molecule has 0 unspecified atom stereocenters. The summed E-state index contributed by atoms with van der Waals surface area (Å²) in [6.07, 6.45) is 0. The van der Waals surface area contributed by atoms with E-state index in [1.807, 2.05) is 4.89 Å². The molecule has 2 aromatic rings. The molecule has 0 fully saturated rings. The molecule has 0 aliphatic carbocycles. The quantitative estimate of drug-likeness (QED) is 0.818. The summed E-state index contributed by atoms with van der Waals surface area (Å²) >= 11 is 5.87. The molecule has 0 atom stereocenters. The van der Waals surface area contributed by atoms with Crippen LogP contribution < -0.4 is 10.4 Å². The highest BCUT2D eigenvalue weighted by atomic mass is 35.5. The number of aromatic amines is 1. The lowest BCUT2D eigenvalue weighted by molar-refractivity contribution is 0.153. The topological polar surface area (TPSA) is 88.3 Å². The summed E-state index contributed by atoms with van der Waals surface area (Å²) in [5.74, 6) is 0. The lowest BCUT2D eigenvalue weighted by Crippen LogP contribution is -2.22. The van der Waals surface area contributed by atoms with E-state index in [0.29, 0.717) is 10.9 Å². The van der Waals surface area contributed by atoms with Crippen LogP contribution in [0.2, 0.25) is 5.02 Å². The van der Waals surface area contributed by atoms with Gasteiger partial charge in [-0.05, 0) is 18.2 Å². The molecule has 1 radical (unpaired) electrons. The number of aromatic nitrogens is 1. The summed E-state index contributed by atoms with van der Waals surface area (Å²) in [6.45, 7) is 0. The van der Waals surface area contributed by atoms with E-state index in [1.54, 1.807) is 0 Å². The van der Waals surface area contributed by atoms with Gasteiger partial charge in [0.05, 0.1) is 18.2 Å². The van der Waals surface area contributed by atoms with Crippen LogP contribution in [-0.4, -0.2) is 20.5 Å². The zero-order valence-corrected chi connectivity index (χ0v) is 10.7. The highest BCUT2D eigenvalue weighted by Gasteiger charge is 2.18. The van der Waals surface area contributed by atoms with E-state index in [9.17, 15) is 13.2 Å². The predicted molar refractivity (Wildman–Crippen MR) is 65.7 cm³/mol. The van der Waals surface area contributed by atoms with Gasteiger partial charge in [-0.1, -0.05) is 16.5 Å². The average molecular weight is 288 g/mol. The van der Waals surface area contributed by atoms with Crippen molar-refractivity contribution in [2.45, 2.75) is 4.90 Å². The minimum absolute atomic E-state index is 0.0195. The third-order valence-electron chi connectivity index (χ3n) is 2.19. The molecule has 0 saturated carbocycles. The van der Waals surface area contributed by atoms with Crippen LogP contribution in [0.4, 0.5) is 0 Å². The summed E-state index contributed by atoms with van der Waals surface area (Å²) in [5.41, 5.74) is 0.0179. The van der Waals surface area contributed by atoms with Crippen LogP contribution in [0.5, 0.6) is 0 Å². The van der Waals surface area contributed by atoms with Crippen molar-refractivity contribution in [1.82, 2.24) is 9.87 Å². The van der Waals surface area contributed by atoms with E-state index >= 15 is 0 Å². The van der Waals surface area contributed by atoms with Crippen molar-refractivity contribution < 1.29 is 13.3 Å². The molecule has 1 heterocycles. The molecule has 0 saturated heterocycles. The molecule has 18 heavy (non-hydrogen) atoms. The Bertz CT molecular complexity index is 754. The molecular weight excluding hydrogens is 280 g/mol. The summed E-state index contributed by atoms with van der Waals surface area (Å²) in [6, 6.07) is 6.47. The average Bonchev–Trinajstić information content (AvgIpc) is 2.27. The van der Waals surface area contributed by atoms with Crippen molar-refractivity contribution in [3.63, 3.8) is 0 Å². The molecule has 1 aromatic heterocycles. The van der Waals surface area contributed by atoms with Crippen molar-refractivity contribution >= 4 is 32.5 Å². The monoisotopic (exact) mass is 287 g/mol. The Morgan fingerprint density at radius 1 is 1.44 bits per heavy atom. The molecule has 0 spiro atoms. The van der Waals surface area contributed by atoms with Crippen molar-refractivity contribution in [2.24, 2.45) is 0 Å². The van der Waals surface area contributed by atoms with Gasteiger partial charge in [0.1, 0.15) is 4.90 Å². The van der Waals surface area contributed by atoms with Gasteiger partial charge in [-0.2, -0.15) is 0 Å². The van der Waals surface area contributed by atoms with Crippen LogP contribution in [0.1, 0.15) is 0 Å². The molecule has 0 amide bonds. The van der Waals surface area contributed by atoms with Crippen molar-refractivity contribution in [2.75, 3.05) is 7.11 Å². The highest BCUT2D eigenvalue weighted by molar-refractivity contribution is 7.89. The third kappa shape index (κ3) is 2.39. The van der Waals surface area contributed by atoms with Gasteiger partial charge in [0.2, 0.25) is 0 Å². The Balaban J connectivity index is 2.71. The number of sulfonamides is 1. The van der Waals surface area contributed by atoms with Crippen LogP contribution in [0.15, 0.2) is 27.9 Å². The zero-order valence-electron chi connectivity index (χ0n) is 9.15. The second-order valence-corrected chi connectivity index (χ2v) is 5.42. The Hall–Kier alpha value is -1.41.